The Morgan fingerprint density at radius 1 is 1.07 bits per heavy atom. The summed E-state index contributed by atoms with van der Waals surface area (Å²) in [4.78, 5) is 14.3. The lowest BCUT2D eigenvalue weighted by Crippen LogP contribution is -2.41. The number of halogens is 3. The molecule has 5 nitrogen and oxygen atoms in total. The molecule has 0 saturated heterocycles. The van der Waals surface area contributed by atoms with E-state index >= 15 is 0 Å². The van der Waals surface area contributed by atoms with Crippen LogP contribution in [-0.4, -0.2) is 27.3 Å². The van der Waals surface area contributed by atoms with Crippen LogP contribution in [0.2, 0.25) is 10.0 Å². The van der Waals surface area contributed by atoms with Crippen LogP contribution in [-0.2, 0) is 13.1 Å². The highest BCUT2D eigenvalue weighted by Crippen LogP contribution is 2.31. The van der Waals surface area contributed by atoms with Crippen LogP contribution in [0.1, 0.15) is 5.69 Å². The summed E-state index contributed by atoms with van der Waals surface area (Å²) in [6.07, 6.45) is 1.61. The number of aromatic nitrogens is 2. The predicted molar refractivity (Wildman–Crippen MR) is 104 cm³/mol. The number of nitrogens with zero attached hydrogens (tertiary/aromatic N) is 3. The van der Waals surface area contributed by atoms with Crippen molar-refractivity contribution < 1.29 is 9.18 Å². The Labute approximate surface area is 165 Å². The van der Waals surface area contributed by atoms with Gasteiger partial charge in [-0.15, -0.1) is 0 Å². The number of amides is 2. The number of benzene rings is 2. The van der Waals surface area contributed by atoms with Gasteiger partial charge in [0.1, 0.15) is 5.82 Å². The number of anilines is 1. The number of urea groups is 1. The summed E-state index contributed by atoms with van der Waals surface area (Å²) >= 11 is 12.0. The largest absolute Gasteiger partial charge is 0.322 e. The predicted octanol–water partition coefficient (Wildman–Crippen LogP) is 5.04. The zero-order valence-electron chi connectivity index (χ0n) is 14.1. The molecule has 27 heavy (non-hydrogen) atoms. The van der Waals surface area contributed by atoms with Crippen LogP contribution in [0, 0.1) is 5.82 Å². The second kappa shape index (κ2) is 7.21. The third kappa shape index (κ3) is 3.63. The minimum Gasteiger partial charge on any atom is -0.317 e. The number of nitrogens with one attached hydrogen (secondary N) is 1. The molecule has 0 atom stereocenters. The normalized spacial score (nSPS) is 13.4. The first-order valence-electron chi connectivity index (χ1n) is 8.33. The minimum absolute atomic E-state index is 0.248. The Balaban J connectivity index is 1.58. The number of carbonyl (C=O) groups excluding carboxylic acids is 1. The van der Waals surface area contributed by atoms with E-state index in [1.54, 1.807) is 46.1 Å². The summed E-state index contributed by atoms with van der Waals surface area (Å²) in [6.45, 7) is 1.34. The van der Waals surface area contributed by atoms with Gasteiger partial charge in [0.15, 0.2) is 0 Å². The van der Waals surface area contributed by atoms with E-state index in [0.717, 1.165) is 5.69 Å². The van der Waals surface area contributed by atoms with Crippen molar-refractivity contribution >= 4 is 34.9 Å². The Bertz CT molecular complexity index is 1020. The molecule has 2 aromatic carbocycles. The second-order valence-electron chi connectivity index (χ2n) is 6.21. The number of fused-ring (bicyclic) bond motifs is 1. The molecule has 1 aromatic heterocycles. The number of hydrogen-bond donors (Lipinski definition) is 1. The second-order valence-corrected chi connectivity index (χ2v) is 7.09. The van der Waals surface area contributed by atoms with Crippen molar-refractivity contribution in [3.8, 4) is 11.1 Å². The highest BCUT2D eigenvalue weighted by Gasteiger charge is 2.25. The summed E-state index contributed by atoms with van der Waals surface area (Å²) in [5, 5.41) is 8.14. The molecule has 2 amide bonds. The maximum absolute atomic E-state index is 14.3. The van der Waals surface area contributed by atoms with Crippen molar-refractivity contribution in [2.24, 2.45) is 0 Å². The Morgan fingerprint density at radius 2 is 1.89 bits per heavy atom. The van der Waals surface area contributed by atoms with Crippen molar-refractivity contribution in [1.82, 2.24) is 14.7 Å². The van der Waals surface area contributed by atoms with E-state index in [0.29, 0.717) is 46.5 Å². The molecule has 0 spiro atoms. The van der Waals surface area contributed by atoms with Crippen LogP contribution in [0.4, 0.5) is 14.9 Å². The van der Waals surface area contributed by atoms with E-state index in [9.17, 15) is 9.18 Å². The fourth-order valence-electron chi connectivity index (χ4n) is 3.12. The van der Waals surface area contributed by atoms with Crippen molar-refractivity contribution in [2.45, 2.75) is 13.1 Å². The van der Waals surface area contributed by atoms with Gasteiger partial charge in [-0.1, -0.05) is 29.3 Å². The number of hydrogen-bond acceptors (Lipinski definition) is 2. The lowest BCUT2D eigenvalue weighted by Gasteiger charge is -2.28. The molecule has 1 aliphatic rings. The molecule has 0 fully saturated rings. The summed E-state index contributed by atoms with van der Waals surface area (Å²) in [7, 11) is 0. The molecule has 0 saturated carbocycles. The monoisotopic (exact) mass is 404 g/mol. The summed E-state index contributed by atoms with van der Waals surface area (Å²) in [6, 6.07) is 11.1. The van der Waals surface area contributed by atoms with E-state index in [1.165, 1.54) is 12.1 Å². The standard InChI is InChI=1S/C19H15Cl2FN4O/c20-12-2-1-3-14(8-12)24-19(27)25-6-7-26-18(11-25)16(10-23-26)15-9-13(21)4-5-17(15)22/h1-5,8-10H,6-7,11H2,(H,24,27). The van der Waals surface area contributed by atoms with Gasteiger partial charge in [0.2, 0.25) is 0 Å². The van der Waals surface area contributed by atoms with Gasteiger partial charge in [0.05, 0.1) is 25.0 Å². The van der Waals surface area contributed by atoms with E-state index in [1.807, 2.05) is 0 Å². The molecule has 0 bridgehead atoms. The van der Waals surface area contributed by atoms with Crippen LogP contribution < -0.4 is 5.32 Å². The molecule has 1 aliphatic heterocycles. The van der Waals surface area contributed by atoms with Crippen LogP contribution in [0.3, 0.4) is 0 Å². The van der Waals surface area contributed by atoms with Gasteiger partial charge in [-0.2, -0.15) is 5.10 Å². The molecule has 1 N–H and O–H groups in total. The average Bonchev–Trinajstić information content (AvgIpc) is 3.06. The molecule has 2 heterocycles. The first kappa shape index (κ1) is 17.8. The smallest absolute Gasteiger partial charge is 0.317 e. The Hall–Kier alpha value is -2.57. The van der Waals surface area contributed by atoms with Gasteiger partial charge < -0.3 is 10.2 Å². The summed E-state index contributed by atoms with van der Waals surface area (Å²) in [5.74, 6) is -0.379. The number of rotatable bonds is 2. The molecule has 8 heteroatoms. The molecule has 0 aliphatic carbocycles. The number of carbonyl (C=O) groups is 1. The van der Waals surface area contributed by atoms with Gasteiger partial charge in [0, 0.05) is 33.4 Å². The zero-order valence-corrected chi connectivity index (χ0v) is 15.6. The molecule has 3 aromatic rings. The minimum atomic E-state index is -0.379. The van der Waals surface area contributed by atoms with Crippen LogP contribution in [0.25, 0.3) is 11.1 Å². The summed E-state index contributed by atoms with van der Waals surface area (Å²) < 4.78 is 16.1. The lowest BCUT2D eigenvalue weighted by atomic mass is 10.0. The van der Waals surface area contributed by atoms with E-state index in [2.05, 4.69) is 10.4 Å². The third-order valence-electron chi connectivity index (χ3n) is 4.45. The molecule has 4 rings (SSSR count). The van der Waals surface area contributed by atoms with Crippen molar-refractivity contribution in [2.75, 3.05) is 11.9 Å². The molecular weight excluding hydrogens is 390 g/mol. The zero-order chi connectivity index (χ0) is 19.0. The average molecular weight is 405 g/mol. The van der Waals surface area contributed by atoms with E-state index < -0.39 is 0 Å². The van der Waals surface area contributed by atoms with Crippen LogP contribution in [0.15, 0.2) is 48.7 Å². The Morgan fingerprint density at radius 3 is 2.70 bits per heavy atom. The maximum atomic E-state index is 14.3. The van der Waals surface area contributed by atoms with Gasteiger partial charge in [-0.05, 0) is 36.4 Å². The third-order valence-corrected chi connectivity index (χ3v) is 4.92. The van der Waals surface area contributed by atoms with Crippen LogP contribution >= 0.6 is 23.2 Å². The molecule has 138 valence electrons. The van der Waals surface area contributed by atoms with E-state index in [4.69, 9.17) is 23.2 Å². The van der Waals surface area contributed by atoms with Crippen LogP contribution in [0.5, 0.6) is 0 Å². The highest BCUT2D eigenvalue weighted by atomic mass is 35.5. The van der Waals surface area contributed by atoms with Gasteiger partial charge in [-0.25, -0.2) is 9.18 Å². The highest BCUT2D eigenvalue weighted by molar-refractivity contribution is 6.31. The summed E-state index contributed by atoms with van der Waals surface area (Å²) in [5.41, 5.74) is 2.40. The maximum Gasteiger partial charge on any atom is 0.322 e. The molecule has 0 unspecified atom stereocenters. The van der Waals surface area contributed by atoms with E-state index in [-0.39, 0.29) is 11.8 Å². The van der Waals surface area contributed by atoms with Crippen molar-refractivity contribution in [1.29, 1.82) is 0 Å². The fraction of sp³-hybridized carbons (Fsp3) is 0.158. The Kier molecular flexibility index (Phi) is 4.76. The quantitative estimate of drug-likeness (QED) is 0.649. The SMILES string of the molecule is O=C(Nc1cccc(Cl)c1)N1CCn2ncc(-c3cc(Cl)ccc3F)c2C1. The fourth-order valence-corrected chi connectivity index (χ4v) is 3.48. The first-order valence-corrected chi connectivity index (χ1v) is 9.08. The van der Waals surface area contributed by atoms with Gasteiger partial charge in [-0.3, -0.25) is 4.68 Å². The van der Waals surface area contributed by atoms with Gasteiger partial charge >= 0.3 is 6.03 Å². The molecular formula is C19H15Cl2FN4O. The topological polar surface area (TPSA) is 50.2 Å². The first-order chi connectivity index (χ1) is 13.0. The lowest BCUT2D eigenvalue weighted by molar-refractivity contribution is 0.194. The van der Waals surface area contributed by atoms with Crippen molar-refractivity contribution in [3.63, 3.8) is 0 Å². The van der Waals surface area contributed by atoms with Crippen molar-refractivity contribution in [3.05, 3.63) is 70.2 Å². The van der Waals surface area contributed by atoms with Gasteiger partial charge in [0.25, 0.3) is 0 Å². The molecule has 0 radical (unpaired) electrons.